The van der Waals surface area contributed by atoms with Gasteiger partial charge in [-0.3, -0.25) is 9.59 Å². The minimum Gasteiger partial charge on any atom is -0.451 e. The third-order valence-corrected chi connectivity index (χ3v) is 5.17. The van der Waals surface area contributed by atoms with Gasteiger partial charge < -0.3 is 19.2 Å². The molecule has 4 rings (SSSR count). The number of aromatic nitrogens is 2. The van der Waals surface area contributed by atoms with Gasteiger partial charge in [0.1, 0.15) is 18.0 Å². The van der Waals surface area contributed by atoms with Crippen molar-refractivity contribution in [3.05, 3.63) is 84.1 Å². The van der Waals surface area contributed by atoms with Crippen LogP contribution in [0.4, 0.5) is 18.9 Å². The first-order valence-corrected chi connectivity index (χ1v) is 10.4. The van der Waals surface area contributed by atoms with Gasteiger partial charge in [-0.2, -0.15) is 13.2 Å². The highest BCUT2D eigenvalue weighted by molar-refractivity contribution is 6.04. The lowest BCUT2D eigenvalue weighted by atomic mass is 10.1. The molecule has 0 fully saturated rings. The van der Waals surface area contributed by atoms with E-state index in [1.807, 2.05) is 18.2 Å². The molecule has 7 nitrogen and oxygen atoms in total. The minimum absolute atomic E-state index is 0.0481. The quantitative estimate of drug-likeness (QED) is 0.427. The molecule has 0 aliphatic carbocycles. The Hall–Kier alpha value is -4.08. The molecule has 10 heteroatoms. The Balaban J connectivity index is 1.33. The third kappa shape index (κ3) is 5.64. The summed E-state index contributed by atoms with van der Waals surface area (Å²) < 4.78 is 44.6. The lowest BCUT2D eigenvalue weighted by Gasteiger charge is -2.18. The molecular formula is C24H21F3N4O3. The number of nitrogens with one attached hydrogen (secondary N) is 1. The monoisotopic (exact) mass is 470 g/mol. The molecule has 0 saturated heterocycles. The van der Waals surface area contributed by atoms with Gasteiger partial charge in [0, 0.05) is 30.5 Å². The fraction of sp³-hybridized carbons (Fsp3) is 0.208. The first kappa shape index (κ1) is 23.1. The van der Waals surface area contributed by atoms with E-state index in [2.05, 4.69) is 10.3 Å². The number of likely N-dealkylation sites (N-methyl/N-ethyl adjacent to an activating group) is 1. The van der Waals surface area contributed by atoms with E-state index in [9.17, 15) is 22.8 Å². The smallest absolute Gasteiger partial charge is 0.406 e. The van der Waals surface area contributed by atoms with Gasteiger partial charge in [-0.1, -0.05) is 30.3 Å². The number of imidazole rings is 1. The molecule has 2 amide bonds. The molecule has 0 radical (unpaired) electrons. The predicted octanol–water partition coefficient (Wildman–Crippen LogP) is 4.65. The zero-order valence-corrected chi connectivity index (χ0v) is 18.2. The molecule has 2 heterocycles. The molecule has 1 N–H and O–H groups in total. The molecular weight excluding hydrogens is 449 g/mol. The van der Waals surface area contributed by atoms with Crippen LogP contribution in [0.5, 0.6) is 0 Å². The summed E-state index contributed by atoms with van der Waals surface area (Å²) in [4.78, 5) is 30.3. The summed E-state index contributed by atoms with van der Waals surface area (Å²) in [5.41, 5.74) is 1.84. The van der Waals surface area contributed by atoms with Gasteiger partial charge in [0.05, 0.1) is 13.0 Å². The largest absolute Gasteiger partial charge is 0.451 e. The van der Waals surface area contributed by atoms with Crippen LogP contribution in [0.15, 0.2) is 71.4 Å². The molecule has 2 aromatic carbocycles. The Bertz CT molecular complexity index is 1280. The van der Waals surface area contributed by atoms with Crippen LogP contribution in [-0.4, -0.2) is 39.5 Å². The summed E-state index contributed by atoms with van der Waals surface area (Å²) in [6.45, 7) is -1.21. The SMILES string of the molecule is CN(Cc1nccn1CC(F)(F)F)C(=O)Cc1ccc(NC(=O)c2cc3ccccc3o2)cc1. The minimum atomic E-state index is -4.38. The van der Waals surface area contributed by atoms with Crippen molar-refractivity contribution in [3.8, 4) is 0 Å². The van der Waals surface area contributed by atoms with Gasteiger partial charge in [-0.15, -0.1) is 0 Å². The average Bonchev–Trinajstić information content (AvgIpc) is 3.40. The van der Waals surface area contributed by atoms with E-state index in [1.165, 1.54) is 24.3 Å². The number of halogens is 3. The molecule has 0 atom stereocenters. The van der Waals surface area contributed by atoms with Crippen LogP contribution < -0.4 is 5.32 Å². The molecule has 0 aliphatic rings. The lowest BCUT2D eigenvalue weighted by Crippen LogP contribution is -2.30. The molecule has 4 aromatic rings. The number of alkyl halides is 3. The highest BCUT2D eigenvalue weighted by atomic mass is 19.4. The van der Waals surface area contributed by atoms with Gasteiger partial charge in [0.25, 0.3) is 5.91 Å². The lowest BCUT2D eigenvalue weighted by molar-refractivity contribution is -0.141. The normalized spacial score (nSPS) is 11.5. The first-order chi connectivity index (χ1) is 16.2. The number of amides is 2. The number of para-hydroxylation sites is 1. The van der Waals surface area contributed by atoms with Crippen molar-refractivity contribution < 1.29 is 27.2 Å². The summed E-state index contributed by atoms with van der Waals surface area (Å²) >= 11 is 0. The van der Waals surface area contributed by atoms with Crippen LogP contribution in [0.25, 0.3) is 11.0 Å². The molecule has 176 valence electrons. The second-order valence-corrected chi connectivity index (χ2v) is 7.81. The number of hydrogen-bond donors (Lipinski definition) is 1. The van der Waals surface area contributed by atoms with Crippen LogP contribution in [0.3, 0.4) is 0 Å². The number of nitrogens with zero attached hydrogens (tertiary/aromatic N) is 3. The summed E-state index contributed by atoms with van der Waals surface area (Å²) in [5, 5.41) is 3.57. The van der Waals surface area contributed by atoms with E-state index in [4.69, 9.17) is 4.42 Å². The van der Waals surface area contributed by atoms with Crippen molar-refractivity contribution in [1.29, 1.82) is 0 Å². The number of carbonyl (C=O) groups is 2. The van der Waals surface area contributed by atoms with Crippen LogP contribution in [-0.2, 0) is 24.3 Å². The fourth-order valence-corrected chi connectivity index (χ4v) is 3.43. The third-order valence-electron chi connectivity index (χ3n) is 5.17. The van der Waals surface area contributed by atoms with Crippen molar-refractivity contribution in [3.63, 3.8) is 0 Å². The van der Waals surface area contributed by atoms with E-state index in [1.54, 1.807) is 36.4 Å². The van der Waals surface area contributed by atoms with Gasteiger partial charge in [-0.05, 0) is 29.8 Å². The number of fused-ring (bicyclic) bond motifs is 1. The van der Waals surface area contributed by atoms with E-state index in [0.717, 1.165) is 9.95 Å². The summed E-state index contributed by atoms with van der Waals surface area (Å²) in [5.74, 6) is -0.336. The summed E-state index contributed by atoms with van der Waals surface area (Å²) in [6, 6.07) is 15.7. The molecule has 0 saturated carbocycles. The zero-order chi connectivity index (χ0) is 24.3. The molecule has 0 aliphatic heterocycles. The van der Waals surface area contributed by atoms with Crippen LogP contribution in [0.1, 0.15) is 21.9 Å². The number of carbonyl (C=O) groups excluding carboxylic acids is 2. The van der Waals surface area contributed by atoms with Crippen LogP contribution in [0.2, 0.25) is 0 Å². The summed E-state index contributed by atoms with van der Waals surface area (Å²) in [6.07, 6.45) is -1.81. The van der Waals surface area contributed by atoms with Crippen molar-refractivity contribution in [1.82, 2.24) is 14.5 Å². The number of rotatable bonds is 7. The predicted molar refractivity (Wildman–Crippen MR) is 119 cm³/mol. The Morgan fingerprint density at radius 2 is 1.85 bits per heavy atom. The summed E-state index contributed by atoms with van der Waals surface area (Å²) in [7, 11) is 1.51. The molecule has 0 unspecified atom stereocenters. The number of hydrogen-bond acceptors (Lipinski definition) is 4. The van der Waals surface area contributed by atoms with Gasteiger partial charge in [0.15, 0.2) is 5.76 Å². The van der Waals surface area contributed by atoms with Gasteiger partial charge in [-0.25, -0.2) is 4.98 Å². The number of furan rings is 1. The Kier molecular flexibility index (Phi) is 6.40. The number of anilines is 1. The highest BCUT2D eigenvalue weighted by Gasteiger charge is 2.29. The van der Waals surface area contributed by atoms with E-state index in [0.29, 0.717) is 16.8 Å². The van der Waals surface area contributed by atoms with Gasteiger partial charge in [0.2, 0.25) is 5.91 Å². The van der Waals surface area contributed by atoms with Gasteiger partial charge >= 0.3 is 6.18 Å². The molecule has 0 spiro atoms. The van der Waals surface area contributed by atoms with Crippen LogP contribution in [0, 0.1) is 0 Å². The molecule has 0 bridgehead atoms. The second kappa shape index (κ2) is 9.42. The van der Waals surface area contributed by atoms with E-state index in [-0.39, 0.29) is 30.5 Å². The topological polar surface area (TPSA) is 80.4 Å². The highest BCUT2D eigenvalue weighted by Crippen LogP contribution is 2.21. The molecule has 2 aromatic heterocycles. The second-order valence-electron chi connectivity index (χ2n) is 7.81. The van der Waals surface area contributed by atoms with Crippen LogP contribution >= 0.6 is 0 Å². The Morgan fingerprint density at radius 1 is 1.12 bits per heavy atom. The number of benzene rings is 2. The first-order valence-electron chi connectivity index (χ1n) is 10.4. The van der Waals surface area contributed by atoms with Crippen molar-refractivity contribution in [2.24, 2.45) is 0 Å². The Morgan fingerprint density at radius 3 is 2.56 bits per heavy atom. The fourth-order valence-electron chi connectivity index (χ4n) is 3.43. The maximum Gasteiger partial charge on any atom is 0.406 e. The van der Waals surface area contributed by atoms with Crippen molar-refractivity contribution >= 4 is 28.5 Å². The zero-order valence-electron chi connectivity index (χ0n) is 18.2. The average molecular weight is 470 g/mol. The maximum absolute atomic E-state index is 12.7. The van der Waals surface area contributed by atoms with Crippen molar-refractivity contribution in [2.45, 2.75) is 25.7 Å². The Labute approximate surface area is 192 Å². The standard InChI is InChI=1S/C24H21F3N4O3/c1-30(14-21-28-10-11-31(21)15-24(25,26)27)22(32)12-16-6-8-18(9-7-16)29-23(33)20-13-17-4-2-3-5-19(17)34-20/h2-11,13H,12,14-15H2,1H3,(H,29,33). The van der Waals surface area contributed by atoms with E-state index < -0.39 is 18.6 Å². The molecule has 34 heavy (non-hydrogen) atoms. The van der Waals surface area contributed by atoms with Crippen molar-refractivity contribution in [2.75, 3.05) is 12.4 Å². The van der Waals surface area contributed by atoms with E-state index >= 15 is 0 Å². The maximum atomic E-state index is 12.7.